The Labute approximate surface area is 170 Å². The molecule has 0 saturated carbocycles. The van der Waals surface area contributed by atoms with Crippen molar-refractivity contribution in [3.05, 3.63) is 84.4 Å². The fraction of sp³-hybridized carbons (Fsp3) is 0.304. The lowest BCUT2D eigenvalue weighted by molar-refractivity contribution is -0.217. The molecule has 29 heavy (non-hydrogen) atoms. The van der Waals surface area contributed by atoms with Gasteiger partial charge in [-0.25, -0.2) is 9.59 Å². The highest BCUT2D eigenvalue weighted by molar-refractivity contribution is 5.89. The topological polar surface area (TPSA) is 71.1 Å². The van der Waals surface area contributed by atoms with E-state index >= 15 is 0 Å². The third-order valence-corrected chi connectivity index (χ3v) is 4.42. The Balaban J connectivity index is 1.59. The van der Waals surface area contributed by atoms with Crippen LogP contribution in [-0.4, -0.2) is 43.7 Å². The summed E-state index contributed by atoms with van der Waals surface area (Å²) in [5.41, 5.74) is 0.949. The molecular formula is C23H24O6. The van der Waals surface area contributed by atoms with E-state index in [0.717, 1.165) is 0 Å². The summed E-state index contributed by atoms with van der Waals surface area (Å²) < 4.78 is 22.5. The van der Waals surface area contributed by atoms with Crippen LogP contribution < -0.4 is 0 Å². The molecule has 1 heterocycles. The van der Waals surface area contributed by atoms with Gasteiger partial charge in [-0.3, -0.25) is 0 Å². The molecule has 2 aromatic carbocycles. The molecule has 0 N–H and O–H groups in total. The predicted octanol–water partition coefficient (Wildman–Crippen LogP) is 3.78. The monoisotopic (exact) mass is 396 g/mol. The summed E-state index contributed by atoms with van der Waals surface area (Å²) in [6.07, 6.45) is 1.000. The number of esters is 2. The molecule has 0 aromatic heterocycles. The average Bonchev–Trinajstić information content (AvgIpc) is 2.77. The minimum absolute atomic E-state index is 0.0427. The van der Waals surface area contributed by atoms with Crippen LogP contribution in [0.2, 0.25) is 0 Å². The third kappa shape index (κ3) is 6.27. The summed E-state index contributed by atoms with van der Waals surface area (Å²) in [5, 5.41) is 0. The van der Waals surface area contributed by atoms with Gasteiger partial charge in [0.2, 0.25) is 0 Å². The molecule has 0 amide bonds. The highest BCUT2D eigenvalue weighted by Gasteiger charge is 2.33. The molecule has 6 heteroatoms. The van der Waals surface area contributed by atoms with Crippen molar-refractivity contribution in [2.75, 3.05) is 13.2 Å². The molecule has 152 valence electrons. The zero-order valence-electron chi connectivity index (χ0n) is 16.1. The Bertz CT molecular complexity index is 805. The molecule has 0 aliphatic carbocycles. The lowest BCUT2D eigenvalue weighted by Crippen LogP contribution is -2.41. The second kappa shape index (κ2) is 10.5. The standard InChI is InChI=1S/C23H24O6/c1-2-13-26-21-15-19(29-23(25)18-11-7-4-8-12-18)14-20(28-21)16-27-22(24)17-9-5-3-6-10-17/h2-12,19-21H,1,13-16H2/t19-,20-,21?/m0/s1. The second-order valence-electron chi connectivity index (χ2n) is 6.64. The van der Waals surface area contributed by atoms with E-state index < -0.39 is 30.4 Å². The first kappa shape index (κ1) is 20.8. The van der Waals surface area contributed by atoms with Crippen molar-refractivity contribution >= 4 is 11.9 Å². The maximum Gasteiger partial charge on any atom is 0.338 e. The van der Waals surface area contributed by atoms with Crippen molar-refractivity contribution in [1.29, 1.82) is 0 Å². The van der Waals surface area contributed by atoms with Gasteiger partial charge in [0.15, 0.2) is 6.29 Å². The Hall–Kier alpha value is -2.96. The summed E-state index contributed by atoms with van der Waals surface area (Å²) >= 11 is 0. The fourth-order valence-corrected chi connectivity index (χ4v) is 3.04. The third-order valence-electron chi connectivity index (χ3n) is 4.42. The Morgan fingerprint density at radius 3 is 2.21 bits per heavy atom. The molecule has 0 spiro atoms. The average molecular weight is 396 g/mol. The molecule has 3 atom stereocenters. The van der Waals surface area contributed by atoms with E-state index in [1.54, 1.807) is 54.6 Å². The summed E-state index contributed by atoms with van der Waals surface area (Å²) in [7, 11) is 0. The SMILES string of the molecule is C=CCOC1C[C@@H](OC(=O)c2ccccc2)C[C@@H](COC(=O)c2ccccc2)O1. The highest BCUT2D eigenvalue weighted by Crippen LogP contribution is 2.24. The molecule has 0 bridgehead atoms. The van der Waals surface area contributed by atoms with Crippen LogP contribution in [-0.2, 0) is 18.9 Å². The van der Waals surface area contributed by atoms with Crippen LogP contribution in [0.15, 0.2) is 73.3 Å². The van der Waals surface area contributed by atoms with E-state index in [-0.39, 0.29) is 6.61 Å². The molecule has 1 aliphatic heterocycles. The number of rotatable bonds is 8. The van der Waals surface area contributed by atoms with Gasteiger partial charge in [0.1, 0.15) is 12.7 Å². The van der Waals surface area contributed by atoms with Crippen LogP contribution in [0.5, 0.6) is 0 Å². The maximum absolute atomic E-state index is 12.4. The van der Waals surface area contributed by atoms with Gasteiger partial charge in [0.05, 0.1) is 23.8 Å². The Morgan fingerprint density at radius 2 is 1.59 bits per heavy atom. The molecule has 1 saturated heterocycles. The Morgan fingerprint density at radius 1 is 0.966 bits per heavy atom. The van der Waals surface area contributed by atoms with Gasteiger partial charge in [-0.05, 0) is 24.3 Å². The van der Waals surface area contributed by atoms with Crippen LogP contribution in [0.1, 0.15) is 33.6 Å². The van der Waals surface area contributed by atoms with E-state index in [2.05, 4.69) is 6.58 Å². The first-order valence-corrected chi connectivity index (χ1v) is 9.52. The number of ether oxygens (including phenoxy) is 4. The van der Waals surface area contributed by atoms with E-state index in [0.29, 0.717) is 30.6 Å². The highest BCUT2D eigenvalue weighted by atomic mass is 16.7. The first-order chi connectivity index (χ1) is 14.2. The van der Waals surface area contributed by atoms with Crippen LogP contribution in [0, 0.1) is 0 Å². The summed E-state index contributed by atoms with van der Waals surface area (Å²) in [4.78, 5) is 24.6. The molecule has 2 aromatic rings. The van der Waals surface area contributed by atoms with Crippen molar-refractivity contribution in [2.24, 2.45) is 0 Å². The molecule has 1 unspecified atom stereocenters. The number of carbonyl (C=O) groups excluding carboxylic acids is 2. The van der Waals surface area contributed by atoms with Crippen LogP contribution in [0.25, 0.3) is 0 Å². The van der Waals surface area contributed by atoms with Gasteiger partial charge in [-0.15, -0.1) is 6.58 Å². The van der Waals surface area contributed by atoms with Crippen molar-refractivity contribution in [2.45, 2.75) is 31.3 Å². The van der Waals surface area contributed by atoms with Crippen molar-refractivity contribution in [3.8, 4) is 0 Å². The minimum atomic E-state index is -0.573. The zero-order chi connectivity index (χ0) is 20.5. The quantitative estimate of drug-likeness (QED) is 0.500. The van der Waals surface area contributed by atoms with Gasteiger partial charge in [0.25, 0.3) is 0 Å². The number of hydrogen-bond acceptors (Lipinski definition) is 6. The number of carbonyl (C=O) groups is 2. The van der Waals surface area contributed by atoms with E-state index in [1.807, 2.05) is 12.1 Å². The minimum Gasteiger partial charge on any atom is -0.459 e. The molecule has 3 rings (SSSR count). The maximum atomic E-state index is 12.4. The van der Waals surface area contributed by atoms with Gasteiger partial charge >= 0.3 is 11.9 Å². The van der Waals surface area contributed by atoms with Gasteiger partial charge < -0.3 is 18.9 Å². The van der Waals surface area contributed by atoms with Gasteiger partial charge in [-0.2, -0.15) is 0 Å². The number of hydrogen-bond donors (Lipinski definition) is 0. The largest absolute Gasteiger partial charge is 0.459 e. The summed E-state index contributed by atoms with van der Waals surface area (Å²) in [6.45, 7) is 3.98. The van der Waals surface area contributed by atoms with E-state index in [9.17, 15) is 9.59 Å². The summed E-state index contributed by atoms with van der Waals surface area (Å²) in [5.74, 6) is -0.832. The van der Waals surface area contributed by atoms with Crippen LogP contribution >= 0.6 is 0 Å². The molecule has 1 fully saturated rings. The fourth-order valence-electron chi connectivity index (χ4n) is 3.04. The molecule has 6 nitrogen and oxygen atoms in total. The van der Waals surface area contributed by atoms with Crippen molar-refractivity contribution in [3.63, 3.8) is 0 Å². The number of benzene rings is 2. The van der Waals surface area contributed by atoms with Crippen molar-refractivity contribution in [1.82, 2.24) is 0 Å². The normalized spacial score (nSPS) is 21.2. The molecule has 0 radical (unpaired) electrons. The van der Waals surface area contributed by atoms with E-state index in [4.69, 9.17) is 18.9 Å². The van der Waals surface area contributed by atoms with Crippen molar-refractivity contribution < 1.29 is 28.5 Å². The second-order valence-corrected chi connectivity index (χ2v) is 6.64. The van der Waals surface area contributed by atoms with Crippen LogP contribution in [0.3, 0.4) is 0 Å². The predicted molar refractivity (Wildman–Crippen MR) is 106 cm³/mol. The van der Waals surface area contributed by atoms with Gasteiger partial charge in [-0.1, -0.05) is 42.5 Å². The smallest absolute Gasteiger partial charge is 0.338 e. The molecule has 1 aliphatic rings. The van der Waals surface area contributed by atoms with E-state index in [1.165, 1.54) is 0 Å². The molecular weight excluding hydrogens is 372 g/mol. The van der Waals surface area contributed by atoms with Gasteiger partial charge in [0, 0.05) is 12.8 Å². The zero-order valence-corrected chi connectivity index (χ0v) is 16.1. The summed E-state index contributed by atoms with van der Waals surface area (Å²) in [6, 6.07) is 17.5. The first-order valence-electron chi connectivity index (χ1n) is 9.52. The lowest BCUT2D eigenvalue weighted by Gasteiger charge is -2.34. The van der Waals surface area contributed by atoms with Crippen LogP contribution in [0.4, 0.5) is 0 Å². The Kier molecular flexibility index (Phi) is 7.55. The lowest BCUT2D eigenvalue weighted by atomic mass is 10.0.